The lowest BCUT2D eigenvalue weighted by atomic mass is 10.1. The molecule has 1 fully saturated rings. The molecule has 7 heteroatoms. The van der Waals surface area contributed by atoms with Gasteiger partial charge >= 0.3 is 0 Å². The van der Waals surface area contributed by atoms with Crippen LogP contribution in [0, 0.1) is 13.8 Å². The molecule has 1 aliphatic heterocycles. The highest BCUT2D eigenvalue weighted by molar-refractivity contribution is 5.79. The zero-order valence-electron chi connectivity index (χ0n) is 18.5. The fraction of sp³-hybridized carbons (Fsp3) is 0.417. The van der Waals surface area contributed by atoms with Crippen molar-refractivity contribution in [1.82, 2.24) is 20.0 Å². The molecule has 164 valence electrons. The van der Waals surface area contributed by atoms with Crippen molar-refractivity contribution in [1.29, 1.82) is 0 Å². The number of fused-ring (bicyclic) bond motifs is 1. The summed E-state index contributed by atoms with van der Waals surface area (Å²) >= 11 is 0. The van der Waals surface area contributed by atoms with Gasteiger partial charge in [-0.1, -0.05) is 18.2 Å². The molecule has 0 saturated carbocycles. The molecule has 0 spiro atoms. The number of aromatic nitrogens is 2. The number of ether oxygens (including phenoxy) is 2. The molecule has 0 amide bonds. The van der Waals surface area contributed by atoms with Gasteiger partial charge in [-0.3, -0.25) is 4.99 Å². The highest BCUT2D eigenvalue weighted by Crippen LogP contribution is 2.23. The zero-order valence-corrected chi connectivity index (χ0v) is 18.5. The average Bonchev–Trinajstić information content (AvgIpc) is 3.42. The van der Waals surface area contributed by atoms with E-state index >= 15 is 0 Å². The lowest BCUT2D eigenvalue weighted by Gasteiger charge is -2.18. The van der Waals surface area contributed by atoms with Gasteiger partial charge < -0.3 is 24.5 Å². The molecule has 7 nitrogen and oxygen atoms in total. The van der Waals surface area contributed by atoms with Gasteiger partial charge in [-0.2, -0.15) is 0 Å². The SMILES string of the molecule is CN=C(NCCc1cn2cccc(C)c2n1)NCc1ccc(C)cc1OC1CCOC1. The molecule has 0 bridgehead atoms. The van der Waals surface area contributed by atoms with Gasteiger partial charge in [0, 0.05) is 50.9 Å². The molecule has 3 heterocycles. The summed E-state index contributed by atoms with van der Waals surface area (Å²) in [6.45, 7) is 6.98. The fourth-order valence-corrected chi connectivity index (χ4v) is 3.74. The summed E-state index contributed by atoms with van der Waals surface area (Å²) in [4.78, 5) is 9.08. The Labute approximate surface area is 183 Å². The maximum Gasteiger partial charge on any atom is 0.191 e. The van der Waals surface area contributed by atoms with Crippen LogP contribution in [0.5, 0.6) is 5.75 Å². The summed E-state index contributed by atoms with van der Waals surface area (Å²) < 4.78 is 13.7. The highest BCUT2D eigenvalue weighted by Gasteiger charge is 2.18. The number of benzene rings is 1. The first kappa shape index (κ1) is 21.2. The van der Waals surface area contributed by atoms with Crippen molar-refractivity contribution < 1.29 is 9.47 Å². The molecule has 1 saturated heterocycles. The van der Waals surface area contributed by atoms with Crippen LogP contribution in [0.15, 0.2) is 47.7 Å². The smallest absolute Gasteiger partial charge is 0.191 e. The number of rotatable bonds is 7. The summed E-state index contributed by atoms with van der Waals surface area (Å²) in [5.41, 5.74) is 5.54. The van der Waals surface area contributed by atoms with Gasteiger partial charge in [0.1, 0.15) is 17.5 Å². The summed E-state index contributed by atoms with van der Waals surface area (Å²) in [6, 6.07) is 10.4. The second-order valence-electron chi connectivity index (χ2n) is 7.97. The van der Waals surface area contributed by atoms with Crippen molar-refractivity contribution >= 4 is 11.6 Å². The van der Waals surface area contributed by atoms with E-state index in [1.165, 1.54) is 11.1 Å². The molecule has 2 aromatic heterocycles. The molecular formula is C24H31N5O2. The number of hydrogen-bond acceptors (Lipinski definition) is 4. The molecule has 1 aliphatic rings. The van der Waals surface area contributed by atoms with E-state index in [9.17, 15) is 0 Å². The van der Waals surface area contributed by atoms with E-state index in [-0.39, 0.29) is 6.10 Å². The number of hydrogen-bond donors (Lipinski definition) is 2. The third kappa shape index (κ3) is 5.35. The molecule has 1 unspecified atom stereocenters. The molecule has 3 aromatic rings. The van der Waals surface area contributed by atoms with Crippen molar-refractivity contribution in [3.8, 4) is 5.75 Å². The van der Waals surface area contributed by atoms with Crippen molar-refractivity contribution in [3.63, 3.8) is 0 Å². The number of guanidine groups is 1. The zero-order chi connectivity index (χ0) is 21.6. The molecule has 1 atom stereocenters. The summed E-state index contributed by atoms with van der Waals surface area (Å²) in [5, 5.41) is 6.77. The van der Waals surface area contributed by atoms with Gasteiger partial charge in [-0.15, -0.1) is 0 Å². The van der Waals surface area contributed by atoms with Gasteiger partial charge in [0.25, 0.3) is 0 Å². The largest absolute Gasteiger partial charge is 0.488 e. The molecule has 0 radical (unpaired) electrons. The second kappa shape index (κ2) is 9.83. The van der Waals surface area contributed by atoms with E-state index in [1.54, 1.807) is 7.05 Å². The monoisotopic (exact) mass is 421 g/mol. The molecule has 0 aliphatic carbocycles. The van der Waals surface area contributed by atoms with Crippen LogP contribution in [0.3, 0.4) is 0 Å². The first-order valence-electron chi connectivity index (χ1n) is 10.8. The molecule has 2 N–H and O–H groups in total. The number of imidazole rings is 1. The first-order valence-corrected chi connectivity index (χ1v) is 10.8. The number of aliphatic imine (C=N–C) groups is 1. The number of aryl methyl sites for hydroxylation is 2. The van der Waals surface area contributed by atoms with Crippen LogP contribution in [0.2, 0.25) is 0 Å². The maximum absolute atomic E-state index is 6.19. The van der Waals surface area contributed by atoms with E-state index in [4.69, 9.17) is 14.5 Å². The van der Waals surface area contributed by atoms with E-state index in [2.05, 4.69) is 64.3 Å². The van der Waals surface area contributed by atoms with Crippen molar-refractivity contribution in [2.24, 2.45) is 4.99 Å². The van der Waals surface area contributed by atoms with Crippen LogP contribution in [0.1, 0.15) is 28.8 Å². The Balaban J connectivity index is 1.31. The minimum absolute atomic E-state index is 0.132. The van der Waals surface area contributed by atoms with Gasteiger partial charge in [-0.25, -0.2) is 4.98 Å². The molecule has 31 heavy (non-hydrogen) atoms. The second-order valence-corrected chi connectivity index (χ2v) is 7.97. The predicted molar refractivity (Wildman–Crippen MR) is 123 cm³/mol. The van der Waals surface area contributed by atoms with Crippen LogP contribution in [0.25, 0.3) is 5.65 Å². The van der Waals surface area contributed by atoms with E-state index in [0.29, 0.717) is 13.2 Å². The normalized spacial score (nSPS) is 16.6. The Bertz CT molecular complexity index is 1050. The Morgan fingerprint density at radius 1 is 1.29 bits per heavy atom. The van der Waals surface area contributed by atoms with Gasteiger partial charge in [0.05, 0.1) is 18.9 Å². The summed E-state index contributed by atoms with van der Waals surface area (Å²) in [5.74, 6) is 1.68. The summed E-state index contributed by atoms with van der Waals surface area (Å²) in [6.07, 6.45) is 6.01. The van der Waals surface area contributed by atoms with Gasteiger partial charge in [-0.05, 0) is 37.1 Å². The van der Waals surface area contributed by atoms with Crippen molar-refractivity contribution in [2.75, 3.05) is 26.8 Å². The third-order valence-corrected chi connectivity index (χ3v) is 5.48. The van der Waals surface area contributed by atoms with E-state index < -0.39 is 0 Å². The quantitative estimate of drug-likeness (QED) is 0.453. The highest BCUT2D eigenvalue weighted by atomic mass is 16.5. The van der Waals surface area contributed by atoms with Crippen LogP contribution >= 0.6 is 0 Å². The molecule has 4 rings (SSSR count). The molecular weight excluding hydrogens is 390 g/mol. The van der Waals surface area contributed by atoms with Crippen molar-refractivity contribution in [2.45, 2.75) is 39.3 Å². The number of pyridine rings is 1. The van der Waals surface area contributed by atoms with E-state index in [1.807, 2.05) is 12.3 Å². The van der Waals surface area contributed by atoms with E-state index in [0.717, 1.165) is 54.6 Å². The van der Waals surface area contributed by atoms with Crippen LogP contribution in [-0.4, -0.2) is 48.3 Å². The standard InChI is InChI=1S/C24H31N5O2/c1-17-6-7-19(22(13-17)31-21-9-12-30-16-21)14-27-24(25-3)26-10-8-20-15-29-11-4-5-18(2)23(29)28-20/h4-7,11,13,15,21H,8-10,12,14,16H2,1-3H3,(H2,25,26,27). The van der Waals surface area contributed by atoms with Gasteiger partial charge in [0.15, 0.2) is 5.96 Å². The number of nitrogens with zero attached hydrogens (tertiary/aromatic N) is 3. The Kier molecular flexibility index (Phi) is 6.72. The molecule has 1 aromatic carbocycles. The minimum atomic E-state index is 0.132. The Hall–Kier alpha value is -3.06. The van der Waals surface area contributed by atoms with Crippen LogP contribution in [-0.2, 0) is 17.7 Å². The Morgan fingerprint density at radius 3 is 2.97 bits per heavy atom. The topological polar surface area (TPSA) is 72.2 Å². The predicted octanol–water partition coefficient (Wildman–Crippen LogP) is 3.03. The lowest BCUT2D eigenvalue weighted by molar-refractivity contribution is 0.140. The third-order valence-electron chi connectivity index (χ3n) is 5.48. The number of nitrogens with one attached hydrogen (secondary N) is 2. The maximum atomic E-state index is 6.19. The lowest BCUT2D eigenvalue weighted by Crippen LogP contribution is -2.38. The van der Waals surface area contributed by atoms with Crippen LogP contribution < -0.4 is 15.4 Å². The average molecular weight is 422 g/mol. The van der Waals surface area contributed by atoms with Gasteiger partial charge in [0.2, 0.25) is 0 Å². The minimum Gasteiger partial charge on any atom is -0.488 e. The fourth-order valence-electron chi connectivity index (χ4n) is 3.74. The van der Waals surface area contributed by atoms with Crippen LogP contribution in [0.4, 0.5) is 0 Å². The first-order chi connectivity index (χ1) is 15.1. The Morgan fingerprint density at radius 2 is 2.19 bits per heavy atom. The summed E-state index contributed by atoms with van der Waals surface area (Å²) in [7, 11) is 1.78. The van der Waals surface area contributed by atoms with Crippen molar-refractivity contribution in [3.05, 3.63) is 65.1 Å².